The molecule has 10 N–H and O–H groups in total. The molecule has 5 rings (SSSR count). The monoisotopic (exact) mass is 880 g/mol. The number of likely N-dealkylation sites (N-methyl/N-ethyl adjacent to an activating group) is 1. The standard InChI is InChI=1S/C48H65N9O7/c1-29-43(58)56-39(45(60)53-23-20-50)27-30-6-16-40(63-24-21-51)36(26-30)37-28-34(13-17-41(37)64-25-22-52)42(46(61)54-29)57(5)47(62)38(18-19-49)55-44(59)33-9-7-31(8-10-33)32-11-14-35(15-12-32)48(2,3)4/h6,11-17,26,28-29,31,33,38-39,42H,7-10,18-19,21-25,27,49,51-52H2,1-5H3,(H,53,60)(H,54,61)(H,55,59)(H,56,58). The van der Waals surface area contributed by atoms with Crippen LogP contribution in [0.25, 0.3) is 11.1 Å². The van der Waals surface area contributed by atoms with E-state index in [-0.39, 0.29) is 69.5 Å². The molecular formula is C48H65N9O7. The molecule has 4 bridgehead atoms. The predicted molar refractivity (Wildman–Crippen MR) is 244 cm³/mol. The molecular weight excluding hydrogens is 815 g/mol. The molecule has 3 aromatic carbocycles. The number of benzene rings is 3. The molecule has 1 aliphatic heterocycles. The van der Waals surface area contributed by atoms with E-state index < -0.39 is 47.8 Å². The van der Waals surface area contributed by atoms with E-state index in [1.54, 1.807) is 36.4 Å². The highest BCUT2D eigenvalue weighted by atomic mass is 16.5. The van der Waals surface area contributed by atoms with Crippen LogP contribution in [0.1, 0.15) is 94.0 Å². The van der Waals surface area contributed by atoms with Gasteiger partial charge in [-0.1, -0.05) is 57.2 Å². The lowest BCUT2D eigenvalue weighted by Gasteiger charge is -2.34. The Balaban J connectivity index is 1.49. The smallest absolute Gasteiger partial charge is 0.248 e. The molecule has 4 unspecified atom stereocenters. The second-order valence-corrected chi connectivity index (χ2v) is 17.6. The van der Waals surface area contributed by atoms with Gasteiger partial charge < -0.3 is 52.8 Å². The molecule has 5 amide bonds. The van der Waals surface area contributed by atoms with Crippen molar-refractivity contribution in [2.75, 3.05) is 46.4 Å². The average Bonchev–Trinajstić information content (AvgIpc) is 3.28. The maximum Gasteiger partial charge on any atom is 0.248 e. The van der Waals surface area contributed by atoms with Gasteiger partial charge in [-0.3, -0.25) is 24.0 Å². The minimum absolute atomic E-state index is 0.0214. The Hall–Kier alpha value is -6.02. The molecule has 1 aliphatic carbocycles. The van der Waals surface area contributed by atoms with Crippen molar-refractivity contribution >= 4 is 29.5 Å². The van der Waals surface area contributed by atoms with Crippen molar-refractivity contribution in [1.82, 2.24) is 26.2 Å². The number of rotatable bonds is 15. The molecule has 16 nitrogen and oxygen atoms in total. The van der Waals surface area contributed by atoms with Crippen molar-refractivity contribution in [2.45, 2.75) is 102 Å². The minimum atomic E-state index is -1.34. The Morgan fingerprint density at radius 1 is 0.828 bits per heavy atom. The molecule has 0 aromatic heterocycles. The van der Waals surface area contributed by atoms with E-state index >= 15 is 0 Å². The molecule has 1 saturated carbocycles. The highest BCUT2D eigenvalue weighted by Gasteiger charge is 2.37. The maximum absolute atomic E-state index is 14.6. The molecule has 16 heteroatoms. The van der Waals surface area contributed by atoms with E-state index in [0.29, 0.717) is 52.5 Å². The Kier molecular flexibility index (Phi) is 17.3. The third-order valence-corrected chi connectivity index (χ3v) is 12.0. The van der Waals surface area contributed by atoms with Gasteiger partial charge in [0.2, 0.25) is 29.5 Å². The molecule has 344 valence electrons. The quantitative estimate of drug-likeness (QED) is 0.109. The number of nitrogens with two attached hydrogens (primary N) is 3. The van der Waals surface area contributed by atoms with Crippen LogP contribution in [0.5, 0.6) is 11.5 Å². The van der Waals surface area contributed by atoms with Gasteiger partial charge in [-0.15, -0.1) is 0 Å². The van der Waals surface area contributed by atoms with Crippen LogP contribution in [0, 0.1) is 17.2 Å². The summed E-state index contributed by atoms with van der Waals surface area (Å²) in [4.78, 5) is 71.4. The van der Waals surface area contributed by atoms with Gasteiger partial charge in [0.25, 0.3) is 0 Å². The van der Waals surface area contributed by atoms with Crippen LogP contribution in [0.2, 0.25) is 0 Å². The van der Waals surface area contributed by atoms with Gasteiger partial charge in [-0.25, -0.2) is 0 Å². The number of nitrogens with zero attached hydrogens (tertiary/aromatic N) is 2. The van der Waals surface area contributed by atoms with E-state index in [1.165, 1.54) is 30.0 Å². The highest BCUT2D eigenvalue weighted by Crippen LogP contribution is 2.41. The van der Waals surface area contributed by atoms with Crippen LogP contribution in [0.15, 0.2) is 60.7 Å². The normalized spacial score (nSPS) is 20.6. The first-order valence-corrected chi connectivity index (χ1v) is 22.2. The summed E-state index contributed by atoms with van der Waals surface area (Å²) in [7, 11) is 1.47. The lowest BCUT2D eigenvalue weighted by atomic mass is 9.77. The largest absolute Gasteiger partial charge is 0.492 e. The van der Waals surface area contributed by atoms with Crippen LogP contribution in [0.3, 0.4) is 0 Å². The zero-order valence-corrected chi connectivity index (χ0v) is 37.7. The Morgan fingerprint density at radius 3 is 2.03 bits per heavy atom. The highest BCUT2D eigenvalue weighted by molar-refractivity contribution is 5.96. The molecule has 2 aliphatic rings. The fraction of sp³-hybridized carbons (Fsp3) is 0.500. The summed E-state index contributed by atoms with van der Waals surface area (Å²) in [6, 6.07) is 16.2. The average molecular weight is 880 g/mol. The van der Waals surface area contributed by atoms with Gasteiger partial charge in [0.05, 0.1) is 6.07 Å². The van der Waals surface area contributed by atoms with Gasteiger partial charge in [0, 0.05) is 43.6 Å². The van der Waals surface area contributed by atoms with Crippen molar-refractivity contribution in [1.29, 1.82) is 5.26 Å². The first kappa shape index (κ1) is 49.0. The van der Waals surface area contributed by atoms with Crippen LogP contribution in [0.4, 0.5) is 0 Å². The third kappa shape index (κ3) is 12.4. The minimum Gasteiger partial charge on any atom is -0.492 e. The van der Waals surface area contributed by atoms with Gasteiger partial charge in [0.1, 0.15) is 55.4 Å². The number of amides is 5. The SMILES string of the molecule is CC1NC(=O)C(N(C)C(=O)C(CCN)NC(=O)C2CCC(c3ccc(C(C)(C)C)cc3)CC2)c2ccc(OCCN)c(c2)-c2cc(ccc2OCCN)CC(C(=O)NCC#N)NC1=O. The van der Waals surface area contributed by atoms with Gasteiger partial charge in [-0.2, -0.15) is 5.26 Å². The lowest BCUT2D eigenvalue weighted by Crippen LogP contribution is -2.56. The number of ether oxygens (including phenoxy) is 2. The third-order valence-electron chi connectivity index (χ3n) is 12.0. The molecule has 0 spiro atoms. The van der Waals surface area contributed by atoms with Gasteiger partial charge >= 0.3 is 0 Å². The summed E-state index contributed by atoms with van der Waals surface area (Å²) < 4.78 is 12.2. The summed E-state index contributed by atoms with van der Waals surface area (Å²) in [5.74, 6) is -1.93. The summed E-state index contributed by atoms with van der Waals surface area (Å²) in [5.41, 5.74) is 22.3. The first-order chi connectivity index (χ1) is 30.6. The van der Waals surface area contributed by atoms with Crippen LogP contribution < -0.4 is 47.9 Å². The number of carbonyl (C=O) groups is 5. The zero-order chi connectivity index (χ0) is 46.6. The second-order valence-electron chi connectivity index (χ2n) is 17.6. The molecule has 0 radical (unpaired) electrons. The number of carbonyl (C=O) groups excluding carboxylic acids is 5. The maximum atomic E-state index is 14.6. The Morgan fingerprint density at radius 2 is 1.44 bits per heavy atom. The molecule has 4 atom stereocenters. The lowest BCUT2D eigenvalue weighted by molar-refractivity contribution is -0.143. The topological polar surface area (TPSA) is 257 Å². The van der Waals surface area contributed by atoms with Crippen molar-refractivity contribution in [3.8, 4) is 28.7 Å². The van der Waals surface area contributed by atoms with E-state index in [1.807, 2.05) is 6.07 Å². The van der Waals surface area contributed by atoms with Crippen LogP contribution in [-0.4, -0.2) is 99.0 Å². The van der Waals surface area contributed by atoms with E-state index in [2.05, 4.69) is 66.3 Å². The summed E-state index contributed by atoms with van der Waals surface area (Å²) in [6.45, 7) is 8.57. The summed E-state index contributed by atoms with van der Waals surface area (Å²) in [6.07, 6.45) is 3.10. The summed E-state index contributed by atoms with van der Waals surface area (Å²) >= 11 is 0. The Bertz CT molecular complexity index is 2160. The molecule has 64 heavy (non-hydrogen) atoms. The van der Waals surface area contributed by atoms with Crippen molar-refractivity contribution in [3.63, 3.8) is 0 Å². The number of nitrogens with one attached hydrogen (secondary N) is 4. The van der Waals surface area contributed by atoms with Gasteiger partial charge in [-0.05, 0) is 103 Å². The zero-order valence-electron chi connectivity index (χ0n) is 37.7. The van der Waals surface area contributed by atoms with Crippen LogP contribution in [-0.2, 0) is 35.8 Å². The predicted octanol–water partition coefficient (Wildman–Crippen LogP) is 2.82. The van der Waals surface area contributed by atoms with Crippen molar-refractivity contribution in [3.05, 3.63) is 82.9 Å². The summed E-state index contributed by atoms with van der Waals surface area (Å²) in [5, 5.41) is 20.1. The van der Waals surface area contributed by atoms with Crippen LogP contribution >= 0.6 is 0 Å². The number of hydrogen-bond acceptors (Lipinski definition) is 11. The fourth-order valence-corrected chi connectivity index (χ4v) is 8.36. The second kappa shape index (κ2) is 22.6. The fourth-order valence-electron chi connectivity index (χ4n) is 8.36. The molecule has 3 aromatic rings. The number of fused-ring (bicyclic) bond motifs is 5. The molecule has 0 saturated heterocycles. The van der Waals surface area contributed by atoms with E-state index in [9.17, 15) is 24.0 Å². The van der Waals surface area contributed by atoms with E-state index in [4.69, 9.17) is 31.9 Å². The first-order valence-electron chi connectivity index (χ1n) is 22.2. The number of nitriles is 1. The van der Waals surface area contributed by atoms with Crippen molar-refractivity contribution < 1.29 is 33.4 Å². The molecule has 1 fully saturated rings. The van der Waals surface area contributed by atoms with Crippen molar-refractivity contribution in [2.24, 2.45) is 23.1 Å². The number of hydrogen-bond donors (Lipinski definition) is 7. The Labute approximate surface area is 376 Å². The van der Waals surface area contributed by atoms with E-state index in [0.717, 1.165) is 12.8 Å². The van der Waals surface area contributed by atoms with Gasteiger partial charge in [0.15, 0.2) is 0 Å². The molecule has 1 heterocycles.